The van der Waals surface area contributed by atoms with Crippen LogP contribution in [0.25, 0.3) is 0 Å². The Hall–Kier alpha value is -1.33. The van der Waals surface area contributed by atoms with Crippen LogP contribution in [0.3, 0.4) is 0 Å². The summed E-state index contributed by atoms with van der Waals surface area (Å²) in [6.07, 6.45) is 3.86. The maximum absolute atomic E-state index is 5.33. The highest BCUT2D eigenvalue weighted by molar-refractivity contribution is 7.97. The molecule has 5 heteroatoms. The minimum atomic E-state index is 0.221. The molecule has 2 rings (SSSR count). The molecular formula is C15H21N3OS. The molecule has 0 spiro atoms. The second kappa shape index (κ2) is 8.07. The minimum Gasteiger partial charge on any atom is -0.339 e. The number of nitrogens with one attached hydrogen (secondary N) is 1. The summed E-state index contributed by atoms with van der Waals surface area (Å²) in [6.45, 7) is 3.14. The van der Waals surface area contributed by atoms with Crippen LogP contribution in [0.5, 0.6) is 0 Å². The van der Waals surface area contributed by atoms with Gasteiger partial charge in [-0.05, 0) is 24.8 Å². The van der Waals surface area contributed by atoms with Crippen molar-refractivity contribution in [2.45, 2.75) is 31.6 Å². The van der Waals surface area contributed by atoms with E-state index in [1.165, 1.54) is 5.56 Å². The van der Waals surface area contributed by atoms with Gasteiger partial charge in [0.1, 0.15) is 0 Å². The van der Waals surface area contributed by atoms with Crippen LogP contribution >= 0.6 is 11.8 Å². The Kier molecular flexibility index (Phi) is 6.08. The standard InChI is InChI=1S/C15H21N3OS/c1-3-9-16-13(12-7-5-4-6-8-12)10-15-17-14(11-20-2)18-19-15/h4-8,13,16H,3,9-11H2,1-2H3. The Morgan fingerprint density at radius 2 is 2.10 bits per heavy atom. The minimum absolute atomic E-state index is 0.221. The molecule has 20 heavy (non-hydrogen) atoms. The first kappa shape index (κ1) is 15.1. The molecule has 1 N–H and O–H groups in total. The van der Waals surface area contributed by atoms with Gasteiger partial charge in [0.15, 0.2) is 5.82 Å². The van der Waals surface area contributed by atoms with Crippen molar-refractivity contribution in [2.75, 3.05) is 12.8 Å². The predicted octanol–water partition coefficient (Wildman–Crippen LogP) is 3.22. The van der Waals surface area contributed by atoms with Crippen LogP contribution < -0.4 is 5.32 Å². The van der Waals surface area contributed by atoms with E-state index in [1.807, 2.05) is 12.3 Å². The number of nitrogens with zero attached hydrogens (tertiary/aromatic N) is 2. The molecule has 2 aromatic rings. The first-order valence-corrected chi connectivity index (χ1v) is 8.31. The molecule has 1 unspecified atom stereocenters. The number of hydrogen-bond donors (Lipinski definition) is 1. The van der Waals surface area contributed by atoms with Crippen LogP contribution in [0.4, 0.5) is 0 Å². The lowest BCUT2D eigenvalue weighted by Crippen LogP contribution is -2.24. The summed E-state index contributed by atoms with van der Waals surface area (Å²) in [4.78, 5) is 4.43. The quantitative estimate of drug-likeness (QED) is 0.809. The predicted molar refractivity (Wildman–Crippen MR) is 82.7 cm³/mol. The molecule has 1 aromatic carbocycles. The van der Waals surface area contributed by atoms with Gasteiger partial charge in [0.2, 0.25) is 5.89 Å². The summed E-state index contributed by atoms with van der Waals surface area (Å²) in [7, 11) is 0. The molecule has 0 radical (unpaired) electrons. The van der Waals surface area contributed by atoms with Gasteiger partial charge in [0.05, 0.1) is 5.75 Å². The van der Waals surface area contributed by atoms with E-state index in [1.54, 1.807) is 11.8 Å². The summed E-state index contributed by atoms with van der Waals surface area (Å²) in [5, 5.41) is 7.54. The Labute approximate surface area is 124 Å². The largest absolute Gasteiger partial charge is 0.339 e. The molecule has 0 aliphatic heterocycles. The number of aromatic nitrogens is 2. The smallest absolute Gasteiger partial charge is 0.228 e. The van der Waals surface area contributed by atoms with Crippen molar-refractivity contribution in [3.63, 3.8) is 0 Å². The van der Waals surface area contributed by atoms with E-state index >= 15 is 0 Å². The fourth-order valence-electron chi connectivity index (χ4n) is 2.05. The number of benzene rings is 1. The molecule has 0 aliphatic rings. The van der Waals surface area contributed by atoms with Crippen LogP contribution in [0.15, 0.2) is 34.9 Å². The summed E-state index contributed by atoms with van der Waals surface area (Å²) in [6, 6.07) is 10.6. The molecule has 4 nitrogen and oxygen atoms in total. The molecule has 0 saturated heterocycles. The molecule has 108 valence electrons. The third-order valence-electron chi connectivity index (χ3n) is 3.01. The second-order valence-corrected chi connectivity index (χ2v) is 5.52. The zero-order valence-corrected chi connectivity index (χ0v) is 12.8. The molecule has 1 atom stereocenters. The maximum Gasteiger partial charge on any atom is 0.228 e. The molecule has 0 bridgehead atoms. The number of rotatable bonds is 8. The fraction of sp³-hybridized carbons (Fsp3) is 0.467. The summed E-state index contributed by atoms with van der Waals surface area (Å²) in [5.74, 6) is 2.27. The van der Waals surface area contributed by atoms with Crippen LogP contribution in [0.1, 0.15) is 36.7 Å². The molecule has 1 heterocycles. The van der Waals surface area contributed by atoms with Crippen molar-refractivity contribution in [2.24, 2.45) is 0 Å². The highest BCUT2D eigenvalue weighted by Gasteiger charge is 2.15. The molecule has 0 fully saturated rings. The Morgan fingerprint density at radius 1 is 1.30 bits per heavy atom. The van der Waals surface area contributed by atoms with E-state index in [0.717, 1.165) is 31.0 Å². The van der Waals surface area contributed by atoms with E-state index < -0.39 is 0 Å². The monoisotopic (exact) mass is 291 g/mol. The lowest BCUT2D eigenvalue weighted by molar-refractivity contribution is 0.355. The van der Waals surface area contributed by atoms with Crippen molar-refractivity contribution < 1.29 is 4.52 Å². The topological polar surface area (TPSA) is 51.0 Å². The summed E-state index contributed by atoms with van der Waals surface area (Å²) in [5.41, 5.74) is 1.26. The Bertz CT molecular complexity index is 501. The van der Waals surface area contributed by atoms with Crippen molar-refractivity contribution >= 4 is 11.8 Å². The van der Waals surface area contributed by atoms with Crippen molar-refractivity contribution in [1.29, 1.82) is 0 Å². The lowest BCUT2D eigenvalue weighted by Gasteiger charge is -2.17. The fourth-order valence-corrected chi connectivity index (χ4v) is 2.42. The third-order valence-corrected chi connectivity index (χ3v) is 3.55. The van der Waals surface area contributed by atoms with Gasteiger partial charge in [-0.1, -0.05) is 42.4 Å². The van der Waals surface area contributed by atoms with E-state index in [-0.39, 0.29) is 6.04 Å². The van der Waals surface area contributed by atoms with Gasteiger partial charge in [0.25, 0.3) is 0 Å². The van der Waals surface area contributed by atoms with Crippen molar-refractivity contribution in [3.05, 3.63) is 47.6 Å². The zero-order chi connectivity index (χ0) is 14.2. The first-order valence-electron chi connectivity index (χ1n) is 6.92. The van der Waals surface area contributed by atoms with Crippen LogP contribution in [-0.2, 0) is 12.2 Å². The molecule has 1 aromatic heterocycles. The van der Waals surface area contributed by atoms with Gasteiger partial charge in [0, 0.05) is 12.5 Å². The molecule has 0 amide bonds. The van der Waals surface area contributed by atoms with E-state index in [0.29, 0.717) is 5.89 Å². The van der Waals surface area contributed by atoms with Gasteiger partial charge < -0.3 is 9.84 Å². The molecule has 0 aliphatic carbocycles. The summed E-state index contributed by atoms with van der Waals surface area (Å²) >= 11 is 1.70. The van der Waals surface area contributed by atoms with Gasteiger partial charge in [-0.25, -0.2) is 0 Å². The van der Waals surface area contributed by atoms with Crippen LogP contribution in [0.2, 0.25) is 0 Å². The lowest BCUT2D eigenvalue weighted by atomic mass is 10.0. The van der Waals surface area contributed by atoms with Crippen molar-refractivity contribution in [3.8, 4) is 0 Å². The molecule has 0 saturated carbocycles. The van der Waals surface area contributed by atoms with Gasteiger partial charge in [-0.15, -0.1) is 0 Å². The SMILES string of the molecule is CCCNC(Cc1nc(CSC)no1)c1ccccc1. The Morgan fingerprint density at radius 3 is 2.80 bits per heavy atom. The average Bonchev–Trinajstić information content (AvgIpc) is 2.92. The van der Waals surface area contributed by atoms with E-state index in [9.17, 15) is 0 Å². The normalized spacial score (nSPS) is 12.5. The highest BCUT2D eigenvalue weighted by atomic mass is 32.2. The van der Waals surface area contributed by atoms with E-state index in [2.05, 4.69) is 46.6 Å². The Balaban J connectivity index is 2.06. The molecular weight excluding hydrogens is 270 g/mol. The second-order valence-electron chi connectivity index (χ2n) is 4.66. The number of thioether (sulfide) groups is 1. The van der Waals surface area contributed by atoms with Crippen LogP contribution in [-0.4, -0.2) is 22.9 Å². The first-order chi connectivity index (χ1) is 9.83. The van der Waals surface area contributed by atoms with Crippen LogP contribution in [0, 0.1) is 0 Å². The van der Waals surface area contributed by atoms with Gasteiger partial charge in [-0.3, -0.25) is 0 Å². The van der Waals surface area contributed by atoms with Gasteiger partial charge >= 0.3 is 0 Å². The zero-order valence-electron chi connectivity index (χ0n) is 12.0. The summed E-state index contributed by atoms with van der Waals surface area (Å²) < 4.78 is 5.33. The average molecular weight is 291 g/mol. The maximum atomic E-state index is 5.33. The van der Waals surface area contributed by atoms with E-state index in [4.69, 9.17) is 4.52 Å². The highest BCUT2D eigenvalue weighted by Crippen LogP contribution is 2.18. The third kappa shape index (κ3) is 4.35. The van der Waals surface area contributed by atoms with Gasteiger partial charge in [-0.2, -0.15) is 16.7 Å². The van der Waals surface area contributed by atoms with Crippen molar-refractivity contribution in [1.82, 2.24) is 15.5 Å². The number of hydrogen-bond acceptors (Lipinski definition) is 5.